The second-order valence-electron chi connectivity index (χ2n) is 7.19. The number of sulfonamides is 1. The van der Waals surface area contributed by atoms with E-state index in [1.165, 1.54) is 40.7 Å². The van der Waals surface area contributed by atoms with E-state index in [-0.39, 0.29) is 28.5 Å². The Balaban J connectivity index is 1.48. The predicted molar refractivity (Wildman–Crippen MR) is 110 cm³/mol. The summed E-state index contributed by atoms with van der Waals surface area (Å²) in [4.78, 5) is 36.3. The van der Waals surface area contributed by atoms with Gasteiger partial charge in [-0.2, -0.15) is 4.31 Å². The number of halogens is 1. The Hall–Kier alpha value is -2.75. The number of piperidine rings is 1. The second kappa shape index (κ2) is 7.82. The standard InChI is InChI=1S/C20H18ClN3O5S/c21-13-3-6-15(7-4-13)30(28,29)24-9-1-2-12(11-24)18(25)22-14-5-8-16-17(10-14)20(27)23-19(16)26/h3-8,10,12H,1-2,9,11H2,(H,22,25)(H,23,26,27). The summed E-state index contributed by atoms with van der Waals surface area (Å²) < 4.78 is 27.1. The monoisotopic (exact) mass is 447 g/mol. The Kier molecular flexibility index (Phi) is 5.35. The summed E-state index contributed by atoms with van der Waals surface area (Å²) in [5.74, 6) is -1.85. The average molecular weight is 448 g/mol. The first kappa shape index (κ1) is 20.5. The first-order chi connectivity index (χ1) is 14.3. The van der Waals surface area contributed by atoms with Crippen LogP contribution < -0.4 is 10.6 Å². The van der Waals surface area contributed by atoms with E-state index in [4.69, 9.17) is 11.6 Å². The Morgan fingerprint density at radius 2 is 1.77 bits per heavy atom. The highest BCUT2D eigenvalue weighted by atomic mass is 35.5. The van der Waals surface area contributed by atoms with Gasteiger partial charge >= 0.3 is 0 Å². The molecule has 8 nitrogen and oxygen atoms in total. The molecule has 156 valence electrons. The molecule has 2 aromatic rings. The molecule has 0 radical (unpaired) electrons. The molecule has 0 aliphatic carbocycles. The maximum atomic E-state index is 12.9. The van der Waals surface area contributed by atoms with Crippen LogP contribution in [-0.4, -0.2) is 43.5 Å². The van der Waals surface area contributed by atoms with Crippen LogP contribution in [-0.2, 0) is 14.8 Å². The molecule has 2 aliphatic rings. The van der Waals surface area contributed by atoms with Gasteiger partial charge in [-0.3, -0.25) is 19.7 Å². The van der Waals surface area contributed by atoms with Gasteiger partial charge in [-0.15, -0.1) is 0 Å². The quantitative estimate of drug-likeness (QED) is 0.698. The maximum Gasteiger partial charge on any atom is 0.259 e. The SMILES string of the molecule is O=C1NC(=O)c2cc(NC(=O)C3CCCN(S(=O)(=O)c4ccc(Cl)cc4)C3)ccc21. The van der Waals surface area contributed by atoms with E-state index in [1.807, 2.05) is 0 Å². The van der Waals surface area contributed by atoms with Crippen molar-refractivity contribution in [1.29, 1.82) is 0 Å². The topological polar surface area (TPSA) is 113 Å². The van der Waals surface area contributed by atoms with Crippen molar-refractivity contribution in [3.8, 4) is 0 Å². The molecule has 4 rings (SSSR count). The molecule has 0 bridgehead atoms. The van der Waals surface area contributed by atoms with Crippen LogP contribution in [0.25, 0.3) is 0 Å². The lowest BCUT2D eigenvalue weighted by molar-refractivity contribution is -0.120. The van der Waals surface area contributed by atoms with Gasteiger partial charge in [0.1, 0.15) is 0 Å². The molecule has 1 unspecified atom stereocenters. The minimum Gasteiger partial charge on any atom is -0.326 e. The number of carbonyl (C=O) groups is 3. The van der Waals surface area contributed by atoms with Crippen molar-refractivity contribution in [2.45, 2.75) is 17.7 Å². The van der Waals surface area contributed by atoms with Crippen LogP contribution in [0, 0.1) is 5.92 Å². The number of fused-ring (bicyclic) bond motifs is 1. The smallest absolute Gasteiger partial charge is 0.259 e. The zero-order chi connectivity index (χ0) is 21.5. The number of rotatable bonds is 4. The van der Waals surface area contributed by atoms with Gasteiger partial charge < -0.3 is 5.32 Å². The lowest BCUT2D eigenvalue weighted by Gasteiger charge is -2.31. The summed E-state index contributed by atoms with van der Waals surface area (Å²) in [6.45, 7) is 0.385. The van der Waals surface area contributed by atoms with E-state index in [9.17, 15) is 22.8 Å². The minimum atomic E-state index is -3.74. The van der Waals surface area contributed by atoms with E-state index in [0.29, 0.717) is 30.1 Å². The van der Waals surface area contributed by atoms with Crippen LogP contribution in [0.2, 0.25) is 5.02 Å². The molecule has 1 atom stereocenters. The Morgan fingerprint density at radius 3 is 2.50 bits per heavy atom. The molecule has 2 aromatic carbocycles. The number of carbonyl (C=O) groups excluding carboxylic acids is 3. The zero-order valence-electron chi connectivity index (χ0n) is 15.7. The van der Waals surface area contributed by atoms with Gasteiger partial charge in [0.25, 0.3) is 11.8 Å². The molecule has 1 fully saturated rings. The highest BCUT2D eigenvalue weighted by molar-refractivity contribution is 7.89. The molecule has 3 amide bonds. The molecular weight excluding hydrogens is 430 g/mol. The molecule has 0 aromatic heterocycles. The molecule has 0 spiro atoms. The van der Waals surface area contributed by atoms with E-state index in [2.05, 4.69) is 10.6 Å². The van der Waals surface area contributed by atoms with Crippen LogP contribution >= 0.6 is 11.6 Å². The summed E-state index contributed by atoms with van der Waals surface area (Å²) in [6.07, 6.45) is 1.09. The van der Waals surface area contributed by atoms with Crippen LogP contribution in [0.15, 0.2) is 47.4 Å². The van der Waals surface area contributed by atoms with Crippen LogP contribution in [0.4, 0.5) is 5.69 Å². The summed E-state index contributed by atoms with van der Waals surface area (Å²) in [6, 6.07) is 10.4. The Bertz CT molecular complexity index is 1150. The van der Waals surface area contributed by atoms with Gasteiger partial charge in [-0.1, -0.05) is 11.6 Å². The van der Waals surface area contributed by atoms with Gasteiger partial charge in [0.15, 0.2) is 0 Å². The highest BCUT2D eigenvalue weighted by Gasteiger charge is 2.34. The fraction of sp³-hybridized carbons (Fsp3) is 0.250. The molecule has 10 heteroatoms. The first-order valence-electron chi connectivity index (χ1n) is 9.32. The molecular formula is C20H18ClN3O5S. The largest absolute Gasteiger partial charge is 0.326 e. The number of amides is 3. The van der Waals surface area contributed by atoms with Crippen molar-refractivity contribution in [2.24, 2.45) is 5.92 Å². The number of nitrogens with one attached hydrogen (secondary N) is 2. The number of anilines is 1. The lowest BCUT2D eigenvalue weighted by Crippen LogP contribution is -2.43. The fourth-order valence-electron chi connectivity index (χ4n) is 3.62. The number of hydrogen-bond donors (Lipinski definition) is 2. The maximum absolute atomic E-state index is 12.9. The molecule has 2 aliphatic heterocycles. The van der Waals surface area contributed by atoms with Crippen molar-refractivity contribution in [1.82, 2.24) is 9.62 Å². The normalized spacial score (nSPS) is 19.3. The molecule has 2 heterocycles. The van der Waals surface area contributed by atoms with Crippen molar-refractivity contribution < 1.29 is 22.8 Å². The number of imide groups is 1. The highest BCUT2D eigenvalue weighted by Crippen LogP contribution is 2.26. The third-order valence-corrected chi connectivity index (χ3v) is 7.34. The van der Waals surface area contributed by atoms with Gasteiger partial charge in [0.05, 0.1) is 21.9 Å². The van der Waals surface area contributed by atoms with Crippen LogP contribution in [0.5, 0.6) is 0 Å². The van der Waals surface area contributed by atoms with E-state index in [0.717, 1.165) is 0 Å². The second-order valence-corrected chi connectivity index (χ2v) is 9.56. The molecule has 1 saturated heterocycles. The third kappa shape index (κ3) is 3.83. The summed E-state index contributed by atoms with van der Waals surface area (Å²) in [5.41, 5.74) is 0.838. The van der Waals surface area contributed by atoms with Crippen molar-refractivity contribution in [3.05, 3.63) is 58.6 Å². The fourth-order valence-corrected chi connectivity index (χ4v) is 5.27. The van der Waals surface area contributed by atoms with Gasteiger partial charge in [-0.25, -0.2) is 8.42 Å². The van der Waals surface area contributed by atoms with Crippen molar-refractivity contribution in [3.63, 3.8) is 0 Å². The number of hydrogen-bond acceptors (Lipinski definition) is 5. The first-order valence-corrected chi connectivity index (χ1v) is 11.1. The van der Waals surface area contributed by atoms with Gasteiger partial charge in [0.2, 0.25) is 15.9 Å². The molecule has 30 heavy (non-hydrogen) atoms. The van der Waals surface area contributed by atoms with Crippen LogP contribution in [0.1, 0.15) is 33.6 Å². The molecule has 0 saturated carbocycles. The van der Waals surface area contributed by atoms with Crippen LogP contribution in [0.3, 0.4) is 0 Å². The summed E-state index contributed by atoms with van der Waals surface area (Å²) >= 11 is 5.84. The predicted octanol–water partition coefficient (Wildman–Crippen LogP) is 2.26. The number of nitrogens with zero attached hydrogens (tertiary/aromatic N) is 1. The summed E-state index contributed by atoms with van der Waals surface area (Å²) in [5, 5.41) is 5.36. The van der Waals surface area contributed by atoms with E-state index < -0.39 is 27.8 Å². The number of benzene rings is 2. The summed E-state index contributed by atoms with van der Waals surface area (Å²) in [7, 11) is -3.74. The van der Waals surface area contributed by atoms with Crippen molar-refractivity contribution >= 4 is 45.0 Å². The Morgan fingerprint density at radius 1 is 1.07 bits per heavy atom. The van der Waals surface area contributed by atoms with Gasteiger partial charge in [-0.05, 0) is 55.3 Å². The zero-order valence-corrected chi connectivity index (χ0v) is 17.3. The van der Waals surface area contributed by atoms with Crippen molar-refractivity contribution in [2.75, 3.05) is 18.4 Å². The van der Waals surface area contributed by atoms with Gasteiger partial charge in [0, 0.05) is 23.8 Å². The average Bonchev–Trinajstić information content (AvgIpc) is 3.01. The van der Waals surface area contributed by atoms with E-state index in [1.54, 1.807) is 6.07 Å². The molecule has 2 N–H and O–H groups in total. The lowest BCUT2D eigenvalue weighted by atomic mass is 9.98. The third-order valence-electron chi connectivity index (χ3n) is 5.21. The minimum absolute atomic E-state index is 0.0563. The van der Waals surface area contributed by atoms with E-state index >= 15 is 0 Å². The Labute approximate surface area is 178 Å².